The second-order valence-corrected chi connectivity index (χ2v) is 5.06. The van der Waals surface area contributed by atoms with Crippen molar-refractivity contribution >= 4 is 0 Å². The molecule has 2 unspecified atom stereocenters. The zero-order chi connectivity index (χ0) is 12.7. The van der Waals surface area contributed by atoms with Crippen molar-refractivity contribution in [3.63, 3.8) is 0 Å². The maximum Gasteiger partial charge on any atom is 0.105 e. The molecule has 4 nitrogen and oxygen atoms in total. The van der Waals surface area contributed by atoms with E-state index in [1.165, 1.54) is 0 Å². The predicted molar refractivity (Wildman–Crippen MR) is 68.8 cm³/mol. The maximum atomic E-state index is 9.20. The minimum Gasteiger partial charge on any atom is -0.377 e. The normalized spacial score (nSPS) is 25.9. The molecule has 0 bridgehead atoms. The van der Waals surface area contributed by atoms with E-state index in [-0.39, 0.29) is 0 Å². The van der Waals surface area contributed by atoms with Crippen molar-refractivity contribution in [2.45, 2.75) is 45.3 Å². The SMILES string of the molecule is CCNC(C)(C#N)CCN1CCCOC(C)C1. The smallest absolute Gasteiger partial charge is 0.105 e. The third kappa shape index (κ3) is 5.03. The fourth-order valence-corrected chi connectivity index (χ4v) is 2.24. The summed E-state index contributed by atoms with van der Waals surface area (Å²) in [6.07, 6.45) is 2.27. The largest absolute Gasteiger partial charge is 0.377 e. The summed E-state index contributed by atoms with van der Waals surface area (Å²) in [5, 5.41) is 12.5. The summed E-state index contributed by atoms with van der Waals surface area (Å²) in [5.74, 6) is 0. The third-order valence-corrected chi connectivity index (χ3v) is 3.28. The zero-order valence-electron chi connectivity index (χ0n) is 11.3. The van der Waals surface area contributed by atoms with E-state index >= 15 is 0 Å². The van der Waals surface area contributed by atoms with Gasteiger partial charge in [0, 0.05) is 26.2 Å². The van der Waals surface area contributed by atoms with Crippen LogP contribution in [0, 0.1) is 11.3 Å². The molecule has 0 aromatic heterocycles. The molecule has 1 aliphatic heterocycles. The highest BCUT2D eigenvalue weighted by molar-refractivity contribution is 5.03. The molecule has 1 rings (SSSR count). The summed E-state index contributed by atoms with van der Waals surface area (Å²) in [6.45, 7) is 10.9. The van der Waals surface area contributed by atoms with Crippen LogP contribution in [0.4, 0.5) is 0 Å². The lowest BCUT2D eigenvalue weighted by atomic mass is 9.99. The Labute approximate surface area is 105 Å². The number of nitriles is 1. The van der Waals surface area contributed by atoms with Crippen LogP contribution in [0.2, 0.25) is 0 Å². The molecule has 0 amide bonds. The summed E-state index contributed by atoms with van der Waals surface area (Å²) in [7, 11) is 0. The first-order chi connectivity index (χ1) is 8.09. The molecule has 1 heterocycles. The number of hydrogen-bond donors (Lipinski definition) is 1. The van der Waals surface area contributed by atoms with Crippen molar-refractivity contribution in [2.75, 3.05) is 32.8 Å². The number of ether oxygens (including phenoxy) is 1. The number of nitrogens with zero attached hydrogens (tertiary/aromatic N) is 2. The third-order valence-electron chi connectivity index (χ3n) is 3.28. The van der Waals surface area contributed by atoms with Gasteiger partial charge in [-0.25, -0.2) is 0 Å². The van der Waals surface area contributed by atoms with Gasteiger partial charge in [-0.05, 0) is 33.2 Å². The summed E-state index contributed by atoms with van der Waals surface area (Å²) < 4.78 is 5.62. The lowest BCUT2D eigenvalue weighted by Gasteiger charge is -2.27. The van der Waals surface area contributed by atoms with Gasteiger partial charge in [-0.3, -0.25) is 5.32 Å². The summed E-state index contributed by atoms with van der Waals surface area (Å²) in [6, 6.07) is 2.38. The van der Waals surface area contributed by atoms with Crippen LogP contribution in [-0.4, -0.2) is 49.3 Å². The van der Waals surface area contributed by atoms with Gasteiger partial charge in [0.25, 0.3) is 0 Å². The van der Waals surface area contributed by atoms with Crippen LogP contribution in [0.25, 0.3) is 0 Å². The minimum absolute atomic E-state index is 0.310. The average molecular weight is 239 g/mol. The van der Waals surface area contributed by atoms with Crippen LogP contribution in [0.1, 0.15) is 33.6 Å². The van der Waals surface area contributed by atoms with Crippen LogP contribution in [0.5, 0.6) is 0 Å². The molecular weight excluding hydrogens is 214 g/mol. The van der Waals surface area contributed by atoms with E-state index < -0.39 is 5.54 Å². The lowest BCUT2D eigenvalue weighted by Crippen LogP contribution is -2.44. The second-order valence-electron chi connectivity index (χ2n) is 5.06. The molecule has 1 saturated heterocycles. The molecule has 1 N–H and O–H groups in total. The molecule has 1 aliphatic rings. The predicted octanol–water partition coefficient (Wildman–Crippen LogP) is 1.38. The van der Waals surface area contributed by atoms with Gasteiger partial charge in [0.05, 0.1) is 12.2 Å². The van der Waals surface area contributed by atoms with E-state index in [1.54, 1.807) is 0 Å². The topological polar surface area (TPSA) is 48.3 Å². The Morgan fingerprint density at radius 2 is 2.35 bits per heavy atom. The highest BCUT2D eigenvalue weighted by Gasteiger charge is 2.24. The quantitative estimate of drug-likeness (QED) is 0.787. The van der Waals surface area contributed by atoms with Crippen molar-refractivity contribution in [1.29, 1.82) is 5.26 Å². The first-order valence-electron chi connectivity index (χ1n) is 6.60. The highest BCUT2D eigenvalue weighted by Crippen LogP contribution is 2.12. The molecule has 4 heteroatoms. The van der Waals surface area contributed by atoms with E-state index in [9.17, 15) is 5.26 Å². The van der Waals surface area contributed by atoms with Crippen molar-refractivity contribution in [1.82, 2.24) is 10.2 Å². The van der Waals surface area contributed by atoms with Gasteiger partial charge in [-0.2, -0.15) is 5.26 Å². The molecule has 1 fully saturated rings. The summed E-state index contributed by atoms with van der Waals surface area (Å²) >= 11 is 0. The van der Waals surface area contributed by atoms with Crippen LogP contribution in [0.3, 0.4) is 0 Å². The summed E-state index contributed by atoms with van der Waals surface area (Å²) in [4.78, 5) is 2.41. The van der Waals surface area contributed by atoms with E-state index in [0.717, 1.165) is 45.6 Å². The molecule has 0 spiro atoms. The van der Waals surface area contributed by atoms with Gasteiger partial charge in [-0.15, -0.1) is 0 Å². The Morgan fingerprint density at radius 3 is 3.00 bits per heavy atom. The van der Waals surface area contributed by atoms with Gasteiger partial charge < -0.3 is 9.64 Å². The Morgan fingerprint density at radius 1 is 1.59 bits per heavy atom. The average Bonchev–Trinajstić information content (AvgIpc) is 2.51. The summed E-state index contributed by atoms with van der Waals surface area (Å²) in [5.41, 5.74) is -0.398. The number of hydrogen-bond acceptors (Lipinski definition) is 4. The molecule has 2 atom stereocenters. The number of rotatable bonds is 5. The molecule has 0 aliphatic carbocycles. The fraction of sp³-hybridized carbons (Fsp3) is 0.923. The lowest BCUT2D eigenvalue weighted by molar-refractivity contribution is 0.0669. The van der Waals surface area contributed by atoms with E-state index in [0.29, 0.717) is 6.10 Å². The van der Waals surface area contributed by atoms with Gasteiger partial charge in [0.1, 0.15) is 5.54 Å². The van der Waals surface area contributed by atoms with Gasteiger partial charge >= 0.3 is 0 Å². The first kappa shape index (κ1) is 14.4. The highest BCUT2D eigenvalue weighted by atomic mass is 16.5. The Bertz CT molecular complexity index is 264. The Hall–Kier alpha value is -0.630. The molecule has 0 saturated carbocycles. The van der Waals surface area contributed by atoms with E-state index in [2.05, 4.69) is 23.2 Å². The zero-order valence-corrected chi connectivity index (χ0v) is 11.3. The van der Waals surface area contributed by atoms with Gasteiger partial charge in [0.15, 0.2) is 0 Å². The van der Waals surface area contributed by atoms with Crippen LogP contribution in [0.15, 0.2) is 0 Å². The molecular formula is C13H25N3O. The first-order valence-corrected chi connectivity index (χ1v) is 6.60. The van der Waals surface area contributed by atoms with Crippen LogP contribution >= 0.6 is 0 Å². The van der Waals surface area contributed by atoms with Gasteiger partial charge in [-0.1, -0.05) is 6.92 Å². The van der Waals surface area contributed by atoms with Crippen molar-refractivity contribution in [2.24, 2.45) is 0 Å². The monoisotopic (exact) mass is 239 g/mol. The fourth-order valence-electron chi connectivity index (χ4n) is 2.24. The van der Waals surface area contributed by atoms with Crippen LogP contribution in [-0.2, 0) is 4.74 Å². The molecule has 17 heavy (non-hydrogen) atoms. The molecule has 0 aromatic rings. The minimum atomic E-state index is -0.398. The van der Waals surface area contributed by atoms with Crippen molar-refractivity contribution in [3.8, 4) is 6.07 Å². The molecule has 98 valence electrons. The molecule has 0 radical (unpaired) electrons. The molecule has 0 aromatic carbocycles. The second kappa shape index (κ2) is 6.95. The van der Waals surface area contributed by atoms with E-state index in [1.807, 2.05) is 13.8 Å². The van der Waals surface area contributed by atoms with Crippen molar-refractivity contribution in [3.05, 3.63) is 0 Å². The van der Waals surface area contributed by atoms with Gasteiger partial charge in [0.2, 0.25) is 0 Å². The Balaban J connectivity index is 2.40. The van der Waals surface area contributed by atoms with E-state index in [4.69, 9.17) is 4.74 Å². The Kier molecular flexibility index (Phi) is 5.90. The van der Waals surface area contributed by atoms with Crippen LogP contribution < -0.4 is 5.32 Å². The number of nitrogens with one attached hydrogen (secondary N) is 1. The van der Waals surface area contributed by atoms with Crippen molar-refractivity contribution < 1.29 is 4.74 Å². The standard InChI is InChI=1S/C13H25N3O/c1-4-15-13(3,11-14)6-8-16-7-5-9-17-12(2)10-16/h12,15H,4-10H2,1-3H3. The maximum absolute atomic E-state index is 9.20.